The first-order valence-corrected chi connectivity index (χ1v) is 13.8. The molecule has 1 aliphatic carbocycles. The largest absolute Gasteiger partial charge is 0.439 e. The lowest BCUT2D eigenvalue weighted by Crippen LogP contribution is -2.37. The zero-order valence-corrected chi connectivity index (χ0v) is 25.1. The number of fused-ring (bicyclic) bond motifs is 2. The number of carbonyl (C=O) groups excluding carboxylic acids is 4. The highest BCUT2D eigenvalue weighted by atomic mass is 16.6. The number of allylic oxidation sites excluding steroid dienone is 4. The van der Waals surface area contributed by atoms with E-state index in [1.54, 1.807) is 45.1 Å². The summed E-state index contributed by atoms with van der Waals surface area (Å²) in [6.07, 6.45) is 5.34. The van der Waals surface area contributed by atoms with Gasteiger partial charge in [-0.15, -0.1) is 6.58 Å². The summed E-state index contributed by atoms with van der Waals surface area (Å²) in [6.45, 7) is 10.9. The van der Waals surface area contributed by atoms with Crippen LogP contribution < -0.4 is 16.4 Å². The number of aliphatic hydroxyl groups excluding tert-OH is 1. The maximum Gasteiger partial charge on any atom is 0.405 e. The fraction of sp³-hybridized carbons (Fsp3) is 0.484. The Kier molecular flexibility index (Phi) is 13.1. The number of hydrogen-bond acceptors (Lipinski definition) is 9. The number of nitrogens with one attached hydrogen (secondary N) is 2. The quantitative estimate of drug-likeness (QED) is 0.271. The second-order valence-electron chi connectivity index (χ2n) is 10.6. The molecule has 11 heteroatoms. The Morgan fingerprint density at radius 2 is 1.90 bits per heavy atom. The minimum absolute atomic E-state index is 0.132. The maximum atomic E-state index is 13.5. The number of ether oxygens (including phenoxy) is 3. The topological polar surface area (TPSA) is 166 Å². The summed E-state index contributed by atoms with van der Waals surface area (Å²) in [4.78, 5) is 51.3. The molecule has 1 unspecified atom stereocenters. The Bertz CT molecular complexity index is 1210. The van der Waals surface area contributed by atoms with Crippen molar-refractivity contribution in [3.05, 3.63) is 71.1 Å². The molecular formula is C31H43N3O8. The molecule has 0 spiro atoms. The van der Waals surface area contributed by atoms with Crippen molar-refractivity contribution in [2.24, 2.45) is 17.6 Å². The van der Waals surface area contributed by atoms with Crippen molar-refractivity contribution in [2.75, 3.05) is 20.8 Å². The first-order valence-electron chi connectivity index (χ1n) is 13.8. The van der Waals surface area contributed by atoms with Gasteiger partial charge in [-0.3, -0.25) is 14.4 Å². The normalized spacial score (nSPS) is 31.6. The zero-order chi connectivity index (χ0) is 31.6. The van der Waals surface area contributed by atoms with Gasteiger partial charge in [0.05, 0.1) is 23.6 Å². The van der Waals surface area contributed by atoms with Crippen molar-refractivity contribution >= 4 is 23.6 Å². The van der Waals surface area contributed by atoms with Crippen LogP contribution in [0.15, 0.2) is 71.1 Å². The number of nitrogens with two attached hydrogens (primary N) is 1. The van der Waals surface area contributed by atoms with Crippen LogP contribution in [-0.4, -0.2) is 73.9 Å². The van der Waals surface area contributed by atoms with E-state index >= 15 is 0 Å². The third-order valence-electron chi connectivity index (χ3n) is 7.22. The Hall–Kier alpha value is -3.80. The number of aliphatic hydroxyl groups is 1. The minimum Gasteiger partial charge on any atom is -0.439 e. The van der Waals surface area contributed by atoms with Gasteiger partial charge in [0.25, 0.3) is 5.91 Å². The average molecular weight is 586 g/mol. The van der Waals surface area contributed by atoms with E-state index in [0.717, 1.165) is 6.08 Å². The van der Waals surface area contributed by atoms with Crippen molar-refractivity contribution in [1.82, 2.24) is 10.6 Å². The molecule has 42 heavy (non-hydrogen) atoms. The Morgan fingerprint density at radius 3 is 2.50 bits per heavy atom. The van der Waals surface area contributed by atoms with Crippen LogP contribution in [0.3, 0.4) is 0 Å². The third-order valence-corrected chi connectivity index (χ3v) is 7.22. The van der Waals surface area contributed by atoms with Crippen molar-refractivity contribution < 1.29 is 38.5 Å². The van der Waals surface area contributed by atoms with E-state index in [4.69, 9.17) is 19.9 Å². The van der Waals surface area contributed by atoms with Crippen LogP contribution in [0.5, 0.6) is 0 Å². The Balaban J connectivity index is 2.62. The summed E-state index contributed by atoms with van der Waals surface area (Å²) < 4.78 is 16.6. The van der Waals surface area contributed by atoms with Gasteiger partial charge in [-0.1, -0.05) is 44.2 Å². The highest BCUT2D eigenvalue weighted by molar-refractivity contribution is 6.23. The molecule has 6 atom stereocenters. The molecule has 2 bridgehead atoms. The molecule has 1 heterocycles. The average Bonchev–Trinajstić information content (AvgIpc) is 2.94. The first kappa shape index (κ1) is 34.4. The summed E-state index contributed by atoms with van der Waals surface area (Å²) >= 11 is 0. The number of Topliss-reactive ketones (excluding diaryl/α,β-unsaturated/α-hetero) is 1. The van der Waals surface area contributed by atoms with Crippen LogP contribution in [0.4, 0.5) is 4.79 Å². The summed E-state index contributed by atoms with van der Waals surface area (Å²) in [5.41, 5.74) is 6.42. The van der Waals surface area contributed by atoms with Gasteiger partial charge < -0.3 is 35.7 Å². The fourth-order valence-electron chi connectivity index (χ4n) is 4.95. The number of carbonyl (C=O) groups is 4. The Labute approximate surface area is 247 Å². The number of amides is 2. The van der Waals surface area contributed by atoms with Gasteiger partial charge in [0.15, 0.2) is 6.10 Å². The Morgan fingerprint density at radius 1 is 1.21 bits per heavy atom. The molecule has 2 amide bonds. The summed E-state index contributed by atoms with van der Waals surface area (Å²) in [6, 6.07) is 0. The third kappa shape index (κ3) is 9.10. The van der Waals surface area contributed by atoms with Crippen LogP contribution >= 0.6 is 0 Å². The van der Waals surface area contributed by atoms with Crippen LogP contribution in [-0.2, 0) is 28.6 Å². The molecule has 11 nitrogen and oxygen atoms in total. The zero-order valence-electron chi connectivity index (χ0n) is 25.1. The SMILES string of the molecule is C=CCNC1=C2C[C@@H](C)CC(OC)[C@H](O)[C@@H](C)/C=C(\C)[C@H](OC(N)=O)[C@@H](OC)/C=C\C=C(/C)C(=O)NC(=CC1=O)C2=O. The molecule has 0 saturated heterocycles. The standard InChI is InChI=1S/C31H43N3O8/c1-8-12-33-26-21-13-17(2)14-25(41-7)27(36)19(4)15-20(5)29(42-31(32)39)24(40-6)11-9-10-18(3)30(38)34-22(28(21)37)16-23(26)35/h8-11,15-17,19,24-25,27,29,33,36H,1,12-14H2,2-7H3,(H2,32,39)(H,34,38)/b11-9-,18-10+,20-15+/t17-,19+,24+,25?,27-,29+/m1/s1. The molecule has 0 fully saturated rings. The molecule has 0 radical (unpaired) electrons. The first-order chi connectivity index (χ1) is 19.8. The second-order valence-corrected chi connectivity index (χ2v) is 10.6. The predicted octanol–water partition coefficient (Wildman–Crippen LogP) is 2.54. The summed E-state index contributed by atoms with van der Waals surface area (Å²) in [5, 5.41) is 16.7. The number of methoxy groups -OCH3 is 2. The predicted molar refractivity (Wildman–Crippen MR) is 158 cm³/mol. The lowest BCUT2D eigenvalue weighted by molar-refractivity contribution is -0.120. The maximum absolute atomic E-state index is 13.5. The minimum atomic E-state index is -1.00. The van der Waals surface area contributed by atoms with E-state index in [2.05, 4.69) is 17.2 Å². The van der Waals surface area contributed by atoms with Gasteiger partial charge in [-0.2, -0.15) is 0 Å². The molecule has 0 aromatic heterocycles. The van der Waals surface area contributed by atoms with Gasteiger partial charge in [0, 0.05) is 43.9 Å². The second kappa shape index (κ2) is 16.0. The molecule has 0 aromatic rings. The van der Waals surface area contributed by atoms with Crippen LogP contribution in [0.1, 0.15) is 40.5 Å². The smallest absolute Gasteiger partial charge is 0.405 e. The van der Waals surface area contributed by atoms with Crippen molar-refractivity contribution in [3.8, 4) is 0 Å². The lowest BCUT2D eigenvalue weighted by atomic mass is 9.85. The van der Waals surface area contributed by atoms with Crippen molar-refractivity contribution in [3.63, 3.8) is 0 Å². The lowest BCUT2D eigenvalue weighted by Gasteiger charge is -2.30. The summed E-state index contributed by atoms with van der Waals surface area (Å²) in [7, 11) is 2.92. The molecule has 2 aliphatic rings. The van der Waals surface area contributed by atoms with Gasteiger partial charge in [0.1, 0.15) is 6.10 Å². The molecule has 2 rings (SSSR count). The van der Waals surface area contributed by atoms with E-state index in [1.807, 2.05) is 6.92 Å². The van der Waals surface area contributed by atoms with Crippen LogP contribution in [0, 0.1) is 11.8 Å². The number of primary amides is 1. The molecule has 0 aromatic carbocycles. The highest BCUT2D eigenvalue weighted by Crippen LogP contribution is 2.28. The van der Waals surface area contributed by atoms with Crippen molar-refractivity contribution in [2.45, 2.75) is 65.0 Å². The van der Waals surface area contributed by atoms with E-state index in [9.17, 15) is 24.3 Å². The highest BCUT2D eigenvalue weighted by Gasteiger charge is 2.33. The number of rotatable bonds is 6. The molecule has 230 valence electrons. The van der Waals surface area contributed by atoms with Gasteiger partial charge >= 0.3 is 6.09 Å². The van der Waals surface area contributed by atoms with Crippen LogP contribution in [0.2, 0.25) is 0 Å². The van der Waals surface area contributed by atoms with E-state index in [-0.39, 0.29) is 41.4 Å². The fourth-order valence-corrected chi connectivity index (χ4v) is 4.95. The molecular weight excluding hydrogens is 542 g/mol. The molecule has 1 aliphatic heterocycles. The van der Waals surface area contributed by atoms with E-state index in [0.29, 0.717) is 12.0 Å². The molecule has 5 N–H and O–H groups in total. The van der Waals surface area contributed by atoms with Crippen LogP contribution in [0.25, 0.3) is 0 Å². The summed E-state index contributed by atoms with van der Waals surface area (Å²) in [5.74, 6) is -2.14. The number of hydrogen-bond donors (Lipinski definition) is 4. The van der Waals surface area contributed by atoms with Crippen molar-refractivity contribution in [1.29, 1.82) is 0 Å². The van der Waals surface area contributed by atoms with Gasteiger partial charge in [-0.05, 0) is 38.2 Å². The van der Waals surface area contributed by atoms with Gasteiger partial charge in [-0.25, -0.2) is 4.79 Å². The monoisotopic (exact) mass is 585 g/mol. The molecule has 0 saturated carbocycles. The van der Waals surface area contributed by atoms with E-state index in [1.165, 1.54) is 20.3 Å². The number of ketones is 2. The van der Waals surface area contributed by atoms with E-state index < -0.39 is 53.9 Å². The van der Waals surface area contributed by atoms with Gasteiger partial charge in [0.2, 0.25) is 11.6 Å².